The molecule has 2 nitrogen and oxygen atoms in total. The van der Waals surface area contributed by atoms with Gasteiger partial charge in [-0.15, -0.1) is 0 Å². The molecular formula is C13H18BF3NO-. The average Bonchev–Trinajstić information content (AvgIpc) is 2.33. The molecule has 0 saturated heterocycles. The Kier molecular flexibility index (Phi) is 4.06. The van der Waals surface area contributed by atoms with Crippen molar-refractivity contribution in [1.29, 1.82) is 0 Å². The van der Waals surface area contributed by atoms with Gasteiger partial charge in [-0.05, 0) is 37.2 Å². The Labute approximate surface area is 111 Å². The quantitative estimate of drug-likeness (QED) is 0.787. The van der Waals surface area contributed by atoms with Crippen LogP contribution in [0.3, 0.4) is 0 Å². The summed E-state index contributed by atoms with van der Waals surface area (Å²) in [5.74, 6) is 1.42. The van der Waals surface area contributed by atoms with E-state index in [1.54, 1.807) is 0 Å². The summed E-state index contributed by atoms with van der Waals surface area (Å²) >= 11 is 0. The standard InChI is InChI=1S/C13H18BF3NO/c1-9-3-4-12(5-10(9)2)19-13-6-11(7-18-8-13)14(15,16)17/h6-10,12H,3-5H2,1-2H3/q-1. The van der Waals surface area contributed by atoms with Gasteiger partial charge >= 0.3 is 6.98 Å². The summed E-state index contributed by atoms with van der Waals surface area (Å²) in [5.41, 5.74) is -0.699. The van der Waals surface area contributed by atoms with Gasteiger partial charge in [-0.2, -0.15) is 0 Å². The molecule has 0 N–H and O–H groups in total. The van der Waals surface area contributed by atoms with Crippen LogP contribution in [0.25, 0.3) is 0 Å². The van der Waals surface area contributed by atoms with E-state index in [4.69, 9.17) is 4.74 Å². The summed E-state index contributed by atoms with van der Waals surface area (Å²) in [4.78, 5) is 3.62. The van der Waals surface area contributed by atoms with Crippen LogP contribution in [-0.4, -0.2) is 18.1 Å². The van der Waals surface area contributed by atoms with Crippen molar-refractivity contribution in [3.63, 3.8) is 0 Å². The Hall–Kier alpha value is -1.20. The van der Waals surface area contributed by atoms with Crippen LogP contribution >= 0.6 is 0 Å². The first-order valence-corrected chi connectivity index (χ1v) is 6.68. The van der Waals surface area contributed by atoms with E-state index in [2.05, 4.69) is 18.8 Å². The molecule has 1 fully saturated rings. The zero-order valence-electron chi connectivity index (χ0n) is 11.2. The van der Waals surface area contributed by atoms with Gasteiger partial charge in [0.15, 0.2) is 0 Å². The Morgan fingerprint density at radius 3 is 2.53 bits per heavy atom. The topological polar surface area (TPSA) is 22.1 Å². The molecule has 1 aliphatic carbocycles. The van der Waals surface area contributed by atoms with E-state index in [0.29, 0.717) is 11.8 Å². The molecule has 6 heteroatoms. The smallest absolute Gasteiger partial charge is 0.489 e. The van der Waals surface area contributed by atoms with Crippen molar-refractivity contribution < 1.29 is 17.7 Å². The van der Waals surface area contributed by atoms with Crippen LogP contribution in [0.1, 0.15) is 33.1 Å². The van der Waals surface area contributed by atoms with E-state index in [-0.39, 0.29) is 11.9 Å². The lowest BCUT2D eigenvalue weighted by molar-refractivity contribution is 0.100. The normalized spacial score (nSPS) is 28.2. The molecule has 3 atom stereocenters. The van der Waals surface area contributed by atoms with Crippen molar-refractivity contribution in [3.8, 4) is 5.75 Å². The van der Waals surface area contributed by atoms with E-state index >= 15 is 0 Å². The number of rotatable bonds is 3. The van der Waals surface area contributed by atoms with Crippen LogP contribution in [0.5, 0.6) is 5.75 Å². The minimum Gasteiger partial charge on any atom is -0.489 e. The third-order valence-corrected chi connectivity index (χ3v) is 3.97. The van der Waals surface area contributed by atoms with E-state index < -0.39 is 12.4 Å². The van der Waals surface area contributed by atoms with E-state index in [0.717, 1.165) is 31.5 Å². The van der Waals surface area contributed by atoms with Gasteiger partial charge in [-0.1, -0.05) is 19.3 Å². The molecule has 3 unspecified atom stereocenters. The highest BCUT2D eigenvalue weighted by atomic mass is 19.4. The van der Waals surface area contributed by atoms with Crippen LogP contribution in [0.4, 0.5) is 12.9 Å². The summed E-state index contributed by atoms with van der Waals surface area (Å²) in [5, 5.41) is 0. The maximum atomic E-state index is 12.6. The molecule has 0 aromatic carbocycles. The van der Waals surface area contributed by atoms with Crippen molar-refractivity contribution >= 4 is 12.4 Å². The summed E-state index contributed by atoms with van der Waals surface area (Å²) in [6, 6.07) is 1.05. The Balaban J connectivity index is 2.04. The van der Waals surface area contributed by atoms with Crippen molar-refractivity contribution in [3.05, 3.63) is 18.5 Å². The second-order valence-corrected chi connectivity index (χ2v) is 5.54. The Bertz CT molecular complexity index is 438. The monoisotopic (exact) mass is 272 g/mol. The van der Waals surface area contributed by atoms with Gasteiger partial charge in [0.25, 0.3) is 0 Å². The van der Waals surface area contributed by atoms with Gasteiger partial charge in [0, 0.05) is 6.20 Å². The number of pyridine rings is 1. The van der Waals surface area contributed by atoms with Crippen LogP contribution < -0.4 is 10.2 Å². The molecule has 19 heavy (non-hydrogen) atoms. The van der Waals surface area contributed by atoms with Crippen molar-refractivity contribution in [1.82, 2.24) is 4.98 Å². The molecule has 1 heterocycles. The number of hydrogen-bond acceptors (Lipinski definition) is 2. The molecule has 106 valence electrons. The summed E-state index contributed by atoms with van der Waals surface area (Å²) < 4.78 is 43.5. The van der Waals surface area contributed by atoms with Crippen LogP contribution in [-0.2, 0) is 0 Å². The predicted octanol–water partition coefficient (Wildman–Crippen LogP) is 3.34. The zero-order chi connectivity index (χ0) is 14.0. The SMILES string of the molecule is CC1CCC(Oc2cncc([B-](F)(F)F)c2)CC1C. The highest BCUT2D eigenvalue weighted by molar-refractivity contribution is 6.73. The fourth-order valence-corrected chi connectivity index (χ4v) is 2.48. The fraction of sp³-hybridized carbons (Fsp3) is 0.615. The number of ether oxygens (including phenoxy) is 1. The lowest BCUT2D eigenvalue weighted by atomic mass is 9.80. The average molecular weight is 272 g/mol. The van der Waals surface area contributed by atoms with Gasteiger partial charge in [-0.25, -0.2) is 0 Å². The van der Waals surface area contributed by atoms with E-state index in [9.17, 15) is 12.9 Å². The minimum absolute atomic E-state index is 0.00369. The van der Waals surface area contributed by atoms with Crippen LogP contribution in [0.15, 0.2) is 18.5 Å². The molecule has 1 aromatic rings. The first-order chi connectivity index (χ1) is 8.86. The third-order valence-electron chi connectivity index (χ3n) is 3.97. The van der Waals surface area contributed by atoms with Crippen molar-refractivity contribution in [2.45, 2.75) is 39.2 Å². The van der Waals surface area contributed by atoms with Gasteiger partial charge in [-0.3, -0.25) is 4.98 Å². The van der Waals surface area contributed by atoms with Gasteiger partial charge in [0.1, 0.15) is 5.75 Å². The maximum Gasteiger partial charge on any atom is 0.511 e. The molecule has 1 aliphatic rings. The third kappa shape index (κ3) is 3.64. The molecule has 0 bridgehead atoms. The number of halogens is 3. The number of nitrogens with zero attached hydrogens (tertiary/aromatic N) is 1. The second-order valence-electron chi connectivity index (χ2n) is 5.54. The molecule has 0 aliphatic heterocycles. The lowest BCUT2D eigenvalue weighted by Crippen LogP contribution is -2.35. The Morgan fingerprint density at radius 2 is 1.89 bits per heavy atom. The highest BCUT2D eigenvalue weighted by Gasteiger charge is 2.28. The first-order valence-electron chi connectivity index (χ1n) is 6.68. The van der Waals surface area contributed by atoms with E-state index in [1.165, 1.54) is 6.20 Å². The predicted molar refractivity (Wildman–Crippen MR) is 69.5 cm³/mol. The minimum atomic E-state index is -5.01. The molecule has 0 amide bonds. The molecule has 0 radical (unpaired) electrons. The molecule has 1 saturated carbocycles. The lowest BCUT2D eigenvalue weighted by Gasteiger charge is -2.32. The summed E-state index contributed by atoms with van der Waals surface area (Å²) in [7, 11) is 0. The largest absolute Gasteiger partial charge is 0.511 e. The Morgan fingerprint density at radius 1 is 1.16 bits per heavy atom. The van der Waals surface area contributed by atoms with Crippen molar-refractivity contribution in [2.75, 3.05) is 0 Å². The van der Waals surface area contributed by atoms with Gasteiger partial charge < -0.3 is 17.7 Å². The zero-order valence-corrected chi connectivity index (χ0v) is 11.2. The summed E-state index contributed by atoms with van der Waals surface area (Å²) in [6.45, 7) is -0.651. The maximum absolute atomic E-state index is 12.6. The number of hydrogen-bond donors (Lipinski definition) is 0. The summed E-state index contributed by atoms with van der Waals surface area (Å²) in [6.07, 6.45) is 5.05. The molecule has 1 aromatic heterocycles. The molecule has 0 spiro atoms. The number of aromatic nitrogens is 1. The van der Waals surface area contributed by atoms with Crippen LogP contribution in [0, 0.1) is 11.8 Å². The molecular weight excluding hydrogens is 254 g/mol. The van der Waals surface area contributed by atoms with Gasteiger partial charge in [0.2, 0.25) is 0 Å². The van der Waals surface area contributed by atoms with Crippen LogP contribution in [0.2, 0.25) is 0 Å². The fourth-order valence-electron chi connectivity index (χ4n) is 2.48. The van der Waals surface area contributed by atoms with E-state index in [1.807, 2.05) is 0 Å². The first kappa shape index (κ1) is 14.2. The second kappa shape index (κ2) is 5.43. The van der Waals surface area contributed by atoms with Gasteiger partial charge in [0.05, 0.1) is 12.3 Å². The molecule has 2 rings (SSSR count). The highest BCUT2D eigenvalue weighted by Crippen LogP contribution is 2.31. The van der Waals surface area contributed by atoms with Crippen molar-refractivity contribution in [2.24, 2.45) is 11.8 Å².